The van der Waals surface area contributed by atoms with Crippen LogP contribution in [0.1, 0.15) is 22.8 Å². The summed E-state index contributed by atoms with van der Waals surface area (Å²) in [7, 11) is 1.78. The van der Waals surface area contributed by atoms with E-state index in [0.717, 1.165) is 11.8 Å². The first-order valence-electron chi connectivity index (χ1n) is 6.28. The maximum atomic E-state index is 12.3. The van der Waals surface area contributed by atoms with Crippen molar-refractivity contribution in [1.29, 1.82) is 0 Å². The summed E-state index contributed by atoms with van der Waals surface area (Å²) in [5, 5.41) is 11.8. The van der Waals surface area contributed by atoms with Crippen molar-refractivity contribution in [3.8, 4) is 0 Å². The average Bonchev–Trinajstić information content (AvgIpc) is 2.75. The van der Waals surface area contributed by atoms with Crippen molar-refractivity contribution in [3.05, 3.63) is 47.0 Å². The van der Waals surface area contributed by atoms with Crippen molar-refractivity contribution < 1.29 is 9.90 Å². The smallest absolute Gasteiger partial charge is 0.255 e. The van der Waals surface area contributed by atoms with Crippen LogP contribution in [0.5, 0.6) is 0 Å². The number of carbonyl (C=O) groups is 1. The summed E-state index contributed by atoms with van der Waals surface area (Å²) in [5.41, 5.74) is 8.60. The monoisotopic (exact) mass is 274 g/mol. The molecule has 6 heteroatoms. The molecule has 0 aliphatic carbocycles. The largest absolute Gasteiger partial charge is 0.515 e. The predicted molar refractivity (Wildman–Crippen MR) is 77.2 cm³/mol. The number of aliphatic hydroxyl groups excluding tert-OH is 1. The van der Waals surface area contributed by atoms with E-state index in [4.69, 9.17) is 10.8 Å². The summed E-state index contributed by atoms with van der Waals surface area (Å²) in [5.74, 6) is 0.660. The predicted octanol–water partition coefficient (Wildman–Crippen LogP) is 1.38. The van der Waals surface area contributed by atoms with Crippen LogP contribution in [0.15, 0.2) is 35.9 Å². The minimum Gasteiger partial charge on any atom is -0.515 e. The lowest BCUT2D eigenvalue weighted by atomic mass is 10.1. The number of anilines is 1. The Labute approximate surface area is 117 Å². The molecule has 20 heavy (non-hydrogen) atoms. The third kappa shape index (κ3) is 2.59. The molecule has 6 nitrogen and oxygen atoms in total. The fraction of sp³-hybridized carbons (Fsp3) is 0.286. The molecule has 0 fully saturated rings. The number of hydrogen-bond acceptors (Lipinski definition) is 5. The van der Waals surface area contributed by atoms with E-state index >= 15 is 0 Å². The van der Waals surface area contributed by atoms with Gasteiger partial charge in [0.05, 0.1) is 19.4 Å². The van der Waals surface area contributed by atoms with Gasteiger partial charge in [0.25, 0.3) is 5.91 Å². The number of fused-ring (bicyclic) bond motifs is 1. The number of allylic oxidation sites excluding steroid dienone is 2. The summed E-state index contributed by atoms with van der Waals surface area (Å²) < 4.78 is 0. The van der Waals surface area contributed by atoms with Crippen molar-refractivity contribution in [2.75, 3.05) is 18.9 Å². The number of aromatic nitrogens is 1. The zero-order valence-electron chi connectivity index (χ0n) is 11.6. The van der Waals surface area contributed by atoms with Gasteiger partial charge in [-0.2, -0.15) is 0 Å². The van der Waals surface area contributed by atoms with Gasteiger partial charge in [-0.15, -0.1) is 0 Å². The zero-order chi connectivity index (χ0) is 14.7. The van der Waals surface area contributed by atoms with Crippen molar-refractivity contribution >= 4 is 11.7 Å². The van der Waals surface area contributed by atoms with Crippen molar-refractivity contribution in [2.24, 2.45) is 5.73 Å². The highest BCUT2D eigenvalue weighted by Gasteiger charge is 2.29. The lowest BCUT2D eigenvalue weighted by Gasteiger charge is -2.15. The summed E-state index contributed by atoms with van der Waals surface area (Å²) in [6, 6.07) is 1.72. The molecule has 0 spiro atoms. The Kier molecular flexibility index (Phi) is 3.93. The van der Waals surface area contributed by atoms with Crippen molar-refractivity contribution in [3.63, 3.8) is 0 Å². The van der Waals surface area contributed by atoms with E-state index in [2.05, 4.69) is 10.3 Å². The third-order valence-corrected chi connectivity index (χ3v) is 3.15. The number of nitrogens with two attached hydrogens (primary N) is 1. The minimum absolute atomic E-state index is 0.0547. The Morgan fingerprint density at radius 1 is 1.65 bits per heavy atom. The van der Waals surface area contributed by atoms with Gasteiger partial charge in [0.15, 0.2) is 0 Å². The van der Waals surface area contributed by atoms with Crippen LogP contribution in [0, 0.1) is 0 Å². The lowest BCUT2D eigenvalue weighted by Crippen LogP contribution is -2.28. The van der Waals surface area contributed by atoms with Gasteiger partial charge >= 0.3 is 0 Å². The van der Waals surface area contributed by atoms with E-state index in [-0.39, 0.29) is 5.91 Å². The van der Waals surface area contributed by atoms with Crippen molar-refractivity contribution in [2.45, 2.75) is 13.5 Å². The molecule has 0 atom stereocenters. The highest BCUT2D eigenvalue weighted by Crippen LogP contribution is 2.27. The number of rotatable bonds is 4. The van der Waals surface area contributed by atoms with Crippen LogP contribution in [0.3, 0.4) is 0 Å². The van der Waals surface area contributed by atoms with Gasteiger partial charge in [-0.05, 0) is 24.6 Å². The lowest BCUT2D eigenvalue weighted by molar-refractivity contribution is 0.0792. The standard InChI is InChI=1S/C14H18N4O2/c1-9(8-19)5-10(15)6-18-7-12-11(14(18)20)3-4-17-13(12)16-2/h3-5,8,19H,6-7,15H2,1-2H3,(H,16,17)/b9-8+,10-5-. The van der Waals surface area contributed by atoms with Gasteiger partial charge in [-0.1, -0.05) is 0 Å². The van der Waals surface area contributed by atoms with E-state index in [1.807, 2.05) is 0 Å². The molecule has 2 rings (SSSR count). The number of amides is 1. The molecule has 1 aliphatic heterocycles. The van der Waals surface area contributed by atoms with Gasteiger partial charge in [-0.3, -0.25) is 4.79 Å². The van der Waals surface area contributed by atoms with E-state index in [1.165, 1.54) is 0 Å². The highest BCUT2D eigenvalue weighted by molar-refractivity contribution is 5.99. The van der Waals surface area contributed by atoms with Crippen LogP contribution < -0.4 is 11.1 Å². The number of hydrogen-bond donors (Lipinski definition) is 3. The average molecular weight is 274 g/mol. The molecule has 0 unspecified atom stereocenters. The second-order valence-corrected chi connectivity index (χ2v) is 4.69. The van der Waals surface area contributed by atoms with E-state index in [0.29, 0.717) is 35.7 Å². The van der Waals surface area contributed by atoms with Crippen LogP contribution in [0.2, 0.25) is 0 Å². The summed E-state index contributed by atoms with van der Waals surface area (Å²) in [4.78, 5) is 18.1. The molecule has 2 heterocycles. The summed E-state index contributed by atoms with van der Waals surface area (Å²) in [6.45, 7) is 2.53. The van der Waals surface area contributed by atoms with Crippen molar-refractivity contribution in [1.82, 2.24) is 9.88 Å². The normalized spacial score (nSPS) is 15.5. The minimum atomic E-state index is -0.0547. The first-order valence-corrected chi connectivity index (χ1v) is 6.28. The summed E-state index contributed by atoms with van der Waals surface area (Å²) >= 11 is 0. The molecular formula is C14H18N4O2. The Morgan fingerprint density at radius 3 is 3.05 bits per heavy atom. The van der Waals surface area contributed by atoms with Crippen LogP contribution in [-0.4, -0.2) is 34.5 Å². The second kappa shape index (κ2) is 5.64. The SMILES string of the molecule is CNc1nccc2c1CN(C/C(N)=C/C(C)=C/O)C2=O. The van der Waals surface area contributed by atoms with Crippen LogP contribution in [-0.2, 0) is 6.54 Å². The van der Waals surface area contributed by atoms with E-state index in [9.17, 15) is 4.79 Å². The highest BCUT2D eigenvalue weighted by atomic mass is 16.2. The molecule has 1 amide bonds. The van der Waals surface area contributed by atoms with Crippen LogP contribution in [0.4, 0.5) is 5.82 Å². The first-order chi connectivity index (χ1) is 9.56. The Balaban J connectivity index is 2.19. The molecule has 1 aliphatic rings. The van der Waals surface area contributed by atoms with E-state index in [1.54, 1.807) is 37.2 Å². The van der Waals surface area contributed by atoms with Crippen LogP contribution >= 0.6 is 0 Å². The first kappa shape index (κ1) is 13.9. The third-order valence-electron chi connectivity index (χ3n) is 3.15. The molecule has 0 saturated carbocycles. The second-order valence-electron chi connectivity index (χ2n) is 4.69. The molecule has 4 N–H and O–H groups in total. The number of pyridine rings is 1. The quantitative estimate of drug-likeness (QED) is 0.570. The Hall–Kier alpha value is -2.50. The van der Waals surface area contributed by atoms with Gasteiger partial charge in [0.2, 0.25) is 0 Å². The van der Waals surface area contributed by atoms with E-state index < -0.39 is 0 Å². The maximum Gasteiger partial charge on any atom is 0.255 e. The molecule has 1 aromatic rings. The van der Waals surface area contributed by atoms with Gasteiger partial charge in [0, 0.05) is 30.1 Å². The fourth-order valence-electron chi connectivity index (χ4n) is 2.22. The molecular weight excluding hydrogens is 256 g/mol. The molecule has 106 valence electrons. The molecule has 0 aromatic carbocycles. The molecule has 0 saturated heterocycles. The Morgan fingerprint density at radius 2 is 2.40 bits per heavy atom. The molecule has 1 aromatic heterocycles. The summed E-state index contributed by atoms with van der Waals surface area (Å²) in [6.07, 6.45) is 4.24. The number of nitrogens with zero attached hydrogens (tertiary/aromatic N) is 2. The van der Waals surface area contributed by atoms with Crippen LogP contribution in [0.25, 0.3) is 0 Å². The van der Waals surface area contributed by atoms with Gasteiger partial charge < -0.3 is 21.1 Å². The number of aliphatic hydroxyl groups is 1. The number of carbonyl (C=O) groups excluding carboxylic acids is 1. The molecule has 0 radical (unpaired) electrons. The fourth-order valence-corrected chi connectivity index (χ4v) is 2.22. The van der Waals surface area contributed by atoms with Gasteiger partial charge in [0.1, 0.15) is 5.82 Å². The Bertz CT molecular complexity index is 593. The maximum absolute atomic E-state index is 12.3. The number of nitrogens with one attached hydrogen (secondary N) is 1. The molecule has 0 bridgehead atoms. The van der Waals surface area contributed by atoms with Gasteiger partial charge in [-0.25, -0.2) is 4.98 Å². The topological polar surface area (TPSA) is 91.5 Å². The zero-order valence-corrected chi connectivity index (χ0v) is 11.6.